The molecule has 1 aromatic carbocycles. The van der Waals surface area contributed by atoms with Crippen molar-refractivity contribution in [1.29, 1.82) is 0 Å². The lowest BCUT2D eigenvalue weighted by Gasteiger charge is -2.30. The molecule has 0 saturated carbocycles. The van der Waals surface area contributed by atoms with E-state index in [4.69, 9.17) is 4.74 Å². The van der Waals surface area contributed by atoms with Gasteiger partial charge in [-0.05, 0) is 46.2 Å². The van der Waals surface area contributed by atoms with Crippen LogP contribution in [0.5, 0.6) is 0 Å². The van der Waals surface area contributed by atoms with Crippen LogP contribution in [-0.2, 0) is 24.3 Å². The summed E-state index contributed by atoms with van der Waals surface area (Å²) in [7, 11) is -4.02. The summed E-state index contributed by atoms with van der Waals surface area (Å²) >= 11 is 0. The molecule has 23 heavy (non-hydrogen) atoms. The molecule has 1 aromatic rings. The summed E-state index contributed by atoms with van der Waals surface area (Å²) < 4.78 is 31.4. The molecule has 1 heterocycles. The molecule has 7 heteroatoms. The van der Waals surface area contributed by atoms with Gasteiger partial charge < -0.3 is 4.74 Å². The van der Waals surface area contributed by atoms with Gasteiger partial charge in [-0.3, -0.25) is 9.59 Å². The van der Waals surface area contributed by atoms with Gasteiger partial charge in [0.15, 0.2) is 0 Å². The molecule has 126 valence electrons. The van der Waals surface area contributed by atoms with Crippen molar-refractivity contribution < 1.29 is 22.7 Å². The summed E-state index contributed by atoms with van der Waals surface area (Å²) in [6.45, 7) is 6.90. The summed E-state index contributed by atoms with van der Waals surface area (Å²) in [4.78, 5) is 24.5. The Hall–Kier alpha value is -1.89. The van der Waals surface area contributed by atoms with Crippen molar-refractivity contribution in [3.8, 4) is 0 Å². The molecule has 6 nitrogen and oxygen atoms in total. The van der Waals surface area contributed by atoms with Crippen molar-refractivity contribution >= 4 is 21.9 Å². The summed E-state index contributed by atoms with van der Waals surface area (Å²) in [6, 6.07) is 6.27. The first-order valence-electron chi connectivity index (χ1n) is 7.44. The van der Waals surface area contributed by atoms with Crippen LogP contribution in [0.2, 0.25) is 0 Å². The fourth-order valence-electron chi connectivity index (χ4n) is 2.80. The highest BCUT2D eigenvalue weighted by Gasteiger charge is 2.54. The van der Waals surface area contributed by atoms with Crippen molar-refractivity contribution in [3.63, 3.8) is 0 Å². The minimum absolute atomic E-state index is 0.0361. The number of hydrogen-bond acceptors (Lipinski definition) is 5. The third-order valence-electron chi connectivity index (χ3n) is 3.88. The predicted molar refractivity (Wildman–Crippen MR) is 84.0 cm³/mol. The number of ether oxygens (including phenoxy) is 1. The zero-order valence-corrected chi connectivity index (χ0v) is 14.5. The number of nitrogens with zero attached hydrogens (tertiary/aromatic N) is 1. The van der Waals surface area contributed by atoms with Crippen LogP contribution in [0.1, 0.15) is 32.8 Å². The average Bonchev–Trinajstić information content (AvgIpc) is 2.70. The predicted octanol–water partition coefficient (Wildman–Crippen LogP) is 1.87. The molecule has 1 fully saturated rings. The molecule has 0 aromatic heterocycles. The van der Waals surface area contributed by atoms with E-state index in [1.807, 2.05) is 6.92 Å². The largest absolute Gasteiger partial charge is 0.465 e. The fraction of sp³-hybridized carbons (Fsp3) is 0.500. The van der Waals surface area contributed by atoms with Crippen LogP contribution in [0.4, 0.5) is 0 Å². The number of sulfonamides is 1. The lowest BCUT2D eigenvalue weighted by Crippen LogP contribution is -2.45. The van der Waals surface area contributed by atoms with E-state index in [2.05, 4.69) is 0 Å². The van der Waals surface area contributed by atoms with Gasteiger partial charge in [0, 0.05) is 0 Å². The van der Waals surface area contributed by atoms with Crippen LogP contribution in [-0.4, -0.2) is 36.7 Å². The number of rotatable bonds is 4. The molecule has 0 aliphatic carbocycles. The molecule has 1 aliphatic rings. The third kappa shape index (κ3) is 3.10. The van der Waals surface area contributed by atoms with Gasteiger partial charge in [0.1, 0.15) is 5.92 Å². The zero-order valence-electron chi connectivity index (χ0n) is 13.7. The Morgan fingerprint density at radius 3 is 2.39 bits per heavy atom. The first-order valence-corrected chi connectivity index (χ1v) is 8.88. The molecule has 1 amide bonds. The molecule has 0 radical (unpaired) electrons. The number of amides is 1. The van der Waals surface area contributed by atoms with Gasteiger partial charge in [-0.1, -0.05) is 17.7 Å². The molecule has 0 N–H and O–H groups in total. The monoisotopic (exact) mass is 339 g/mol. The van der Waals surface area contributed by atoms with Crippen molar-refractivity contribution in [3.05, 3.63) is 29.8 Å². The van der Waals surface area contributed by atoms with E-state index in [1.54, 1.807) is 32.9 Å². The minimum atomic E-state index is -4.02. The first-order chi connectivity index (χ1) is 10.6. The molecule has 1 aliphatic heterocycles. The number of esters is 1. The second-order valence-electron chi connectivity index (χ2n) is 6.24. The molecule has 1 unspecified atom stereocenters. The van der Waals surface area contributed by atoms with E-state index in [0.717, 1.165) is 9.87 Å². The maximum absolute atomic E-state index is 12.9. The Bertz CT molecular complexity index is 721. The third-order valence-corrected chi connectivity index (χ3v) is 5.90. The topological polar surface area (TPSA) is 80.8 Å². The quantitative estimate of drug-likeness (QED) is 0.618. The van der Waals surface area contributed by atoms with Gasteiger partial charge in [0.2, 0.25) is 0 Å². The number of carbonyl (C=O) groups excluding carboxylic acids is 2. The van der Waals surface area contributed by atoms with E-state index in [-0.39, 0.29) is 17.9 Å². The lowest BCUT2D eigenvalue weighted by molar-refractivity contribution is -0.151. The molecular formula is C16H21NO5S. The van der Waals surface area contributed by atoms with Crippen LogP contribution in [0, 0.1) is 12.8 Å². The first kappa shape index (κ1) is 17.5. The summed E-state index contributed by atoms with van der Waals surface area (Å²) in [5, 5.41) is 0. The fourth-order valence-corrected chi connectivity index (χ4v) is 4.58. The van der Waals surface area contributed by atoms with E-state index < -0.39 is 33.4 Å². The maximum Gasteiger partial charge on any atom is 0.318 e. The maximum atomic E-state index is 12.9. The average molecular weight is 339 g/mol. The van der Waals surface area contributed by atoms with Crippen LogP contribution in [0.25, 0.3) is 0 Å². The van der Waals surface area contributed by atoms with E-state index in [1.165, 1.54) is 12.1 Å². The van der Waals surface area contributed by atoms with Gasteiger partial charge in [-0.15, -0.1) is 0 Å². The van der Waals surface area contributed by atoms with Crippen molar-refractivity contribution in [2.75, 3.05) is 6.61 Å². The second kappa shape index (κ2) is 5.96. The van der Waals surface area contributed by atoms with Crippen molar-refractivity contribution in [2.24, 2.45) is 5.92 Å². The summed E-state index contributed by atoms with van der Waals surface area (Å²) in [6.07, 6.45) is 0.107. The van der Waals surface area contributed by atoms with Gasteiger partial charge >= 0.3 is 5.97 Å². The number of aryl methyl sites for hydroxylation is 1. The van der Waals surface area contributed by atoms with Crippen LogP contribution in [0.15, 0.2) is 29.2 Å². The van der Waals surface area contributed by atoms with Gasteiger partial charge in [0.25, 0.3) is 15.9 Å². The second-order valence-corrected chi connectivity index (χ2v) is 8.03. The standard InChI is InChI=1S/C16H21NO5S/c1-5-22-15(19)13-10-16(3,4)17(14(13)18)23(20,21)12-8-6-11(2)7-9-12/h6-9,13H,5,10H2,1-4H3. The Morgan fingerprint density at radius 1 is 1.30 bits per heavy atom. The number of benzene rings is 1. The highest BCUT2D eigenvalue weighted by atomic mass is 32.2. The highest BCUT2D eigenvalue weighted by molar-refractivity contribution is 7.89. The molecule has 2 rings (SSSR count). The van der Waals surface area contributed by atoms with Gasteiger partial charge in [0.05, 0.1) is 17.0 Å². The number of hydrogen-bond donors (Lipinski definition) is 0. The molecule has 1 atom stereocenters. The molecule has 1 saturated heterocycles. The van der Waals surface area contributed by atoms with Crippen LogP contribution >= 0.6 is 0 Å². The Balaban J connectivity index is 2.42. The Morgan fingerprint density at radius 2 is 1.87 bits per heavy atom. The molecular weight excluding hydrogens is 318 g/mol. The Labute approximate surface area is 136 Å². The van der Waals surface area contributed by atoms with Crippen molar-refractivity contribution in [2.45, 2.75) is 44.6 Å². The number of carbonyl (C=O) groups is 2. The van der Waals surface area contributed by atoms with E-state index in [0.29, 0.717) is 0 Å². The van der Waals surface area contributed by atoms with Gasteiger partial charge in [-0.25, -0.2) is 12.7 Å². The smallest absolute Gasteiger partial charge is 0.318 e. The Kier molecular flexibility index (Phi) is 4.52. The van der Waals surface area contributed by atoms with Crippen molar-refractivity contribution in [1.82, 2.24) is 4.31 Å². The normalized spacial score (nSPS) is 20.6. The van der Waals surface area contributed by atoms with Gasteiger partial charge in [-0.2, -0.15) is 0 Å². The zero-order chi connectivity index (χ0) is 17.4. The summed E-state index contributed by atoms with van der Waals surface area (Å²) in [5.74, 6) is -2.48. The molecule has 0 spiro atoms. The highest BCUT2D eigenvalue weighted by Crippen LogP contribution is 2.38. The van der Waals surface area contributed by atoms with E-state index in [9.17, 15) is 18.0 Å². The summed E-state index contributed by atoms with van der Waals surface area (Å²) in [5.41, 5.74) is -0.0709. The SMILES string of the molecule is CCOC(=O)C1CC(C)(C)N(S(=O)(=O)c2ccc(C)cc2)C1=O. The minimum Gasteiger partial charge on any atom is -0.465 e. The van der Waals surface area contributed by atoms with Crippen LogP contribution < -0.4 is 0 Å². The van der Waals surface area contributed by atoms with Crippen LogP contribution in [0.3, 0.4) is 0 Å². The lowest BCUT2D eigenvalue weighted by atomic mass is 9.97. The molecule has 0 bridgehead atoms. The van der Waals surface area contributed by atoms with E-state index >= 15 is 0 Å².